The van der Waals surface area contributed by atoms with Crippen LogP contribution < -0.4 is 0 Å². The molecule has 0 aromatic carbocycles. The Balaban J connectivity index is 1.91. The minimum Gasteiger partial charge on any atom is -0.384 e. The predicted molar refractivity (Wildman–Crippen MR) is 76.6 cm³/mol. The summed E-state index contributed by atoms with van der Waals surface area (Å²) in [5, 5.41) is 10.8. The molecular weight excluding hydrogens is 242 g/mol. The van der Waals surface area contributed by atoms with Crippen LogP contribution in [0.15, 0.2) is 11.4 Å². The molecule has 0 unspecified atom stereocenters. The van der Waals surface area contributed by atoms with Crippen LogP contribution in [0.4, 0.5) is 0 Å². The molecule has 0 aliphatic heterocycles. The van der Waals surface area contributed by atoms with E-state index in [9.17, 15) is 0 Å². The zero-order chi connectivity index (χ0) is 12.8. The molecule has 2 rings (SSSR count). The van der Waals surface area contributed by atoms with Gasteiger partial charge in [-0.05, 0) is 31.9 Å². The zero-order valence-corrected chi connectivity index (χ0v) is 11.8. The summed E-state index contributed by atoms with van der Waals surface area (Å²) in [4.78, 5) is 4.00. The lowest BCUT2D eigenvalue weighted by Gasteiger charge is -2.20. The number of aliphatic hydroxyl groups is 1. The van der Waals surface area contributed by atoms with Gasteiger partial charge in [-0.25, -0.2) is 0 Å². The molecule has 1 aliphatic rings. The Hall–Kier alpha value is -0.820. The van der Waals surface area contributed by atoms with Crippen molar-refractivity contribution in [1.82, 2.24) is 4.90 Å². The third-order valence-corrected chi connectivity index (χ3v) is 4.11. The fourth-order valence-electron chi connectivity index (χ4n) is 2.06. The van der Waals surface area contributed by atoms with Crippen LogP contribution in [0.25, 0.3) is 0 Å². The summed E-state index contributed by atoms with van der Waals surface area (Å²) >= 11 is 1.78. The van der Waals surface area contributed by atoms with Crippen molar-refractivity contribution in [2.45, 2.75) is 45.2 Å². The van der Waals surface area contributed by atoms with Gasteiger partial charge in [-0.15, -0.1) is 11.3 Å². The smallest absolute Gasteiger partial charge is 0.104 e. The van der Waals surface area contributed by atoms with Crippen molar-refractivity contribution < 1.29 is 5.11 Å². The maximum Gasteiger partial charge on any atom is 0.104 e. The molecule has 1 aromatic heterocycles. The van der Waals surface area contributed by atoms with Crippen LogP contribution in [-0.4, -0.2) is 29.2 Å². The number of aliphatic hydroxyl groups excluding tert-OH is 1. The minimum atomic E-state index is -0.0596. The lowest BCUT2D eigenvalue weighted by molar-refractivity contribution is 0.253. The van der Waals surface area contributed by atoms with Crippen molar-refractivity contribution in [1.29, 1.82) is 0 Å². The summed E-state index contributed by atoms with van der Waals surface area (Å²) < 4.78 is 0. The first kappa shape index (κ1) is 13.6. The molecule has 1 heterocycles. The average Bonchev–Trinajstić information content (AvgIpc) is 3.13. The maximum absolute atomic E-state index is 8.68. The van der Waals surface area contributed by atoms with Gasteiger partial charge >= 0.3 is 0 Å². The molecule has 0 amide bonds. The number of unbranched alkanes of at least 4 members (excludes halogenated alkanes) is 1. The van der Waals surface area contributed by atoms with E-state index in [1.165, 1.54) is 37.1 Å². The van der Waals surface area contributed by atoms with Crippen LogP contribution in [0.1, 0.15) is 43.0 Å². The maximum atomic E-state index is 8.68. The van der Waals surface area contributed by atoms with Crippen molar-refractivity contribution in [2.24, 2.45) is 0 Å². The van der Waals surface area contributed by atoms with Gasteiger partial charge in [0.15, 0.2) is 0 Å². The molecule has 1 aromatic rings. The highest BCUT2D eigenvalue weighted by molar-refractivity contribution is 7.10. The largest absolute Gasteiger partial charge is 0.384 e. The lowest BCUT2D eigenvalue weighted by Crippen LogP contribution is -2.26. The van der Waals surface area contributed by atoms with Crippen molar-refractivity contribution in [2.75, 3.05) is 13.2 Å². The van der Waals surface area contributed by atoms with Gasteiger partial charge in [-0.1, -0.05) is 25.2 Å². The Morgan fingerprint density at radius 2 is 2.33 bits per heavy atom. The molecule has 18 heavy (non-hydrogen) atoms. The highest BCUT2D eigenvalue weighted by Gasteiger charge is 2.28. The van der Waals surface area contributed by atoms with Gasteiger partial charge in [-0.3, -0.25) is 4.90 Å². The van der Waals surface area contributed by atoms with E-state index in [-0.39, 0.29) is 6.61 Å². The molecule has 1 N–H and O–H groups in total. The Bertz CT molecular complexity index is 425. The minimum absolute atomic E-state index is 0.0596. The quantitative estimate of drug-likeness (QED) is 0.798. The van der Waals surface area contributed by atoms with Crippen LogP contribution in [0.3, 0.4) is 0 Å². The second kappa shape index (κ2) is 6.94. The van der Waals surface area contributed by atoms with Gasteiger partial charge < -0.3 is 5.11 Å². The molecule has 0 radical (unpaired) electrons. The van der Waals surface area contributed by atoms with E-state index >= 15 is 0 Å². The Morgan fingerprint density at radius 1 is 1.50 bits per heavy atom. The molecular formula is C15H21NOS. The third-order valence-electron chi connectivity index (χ3n) is 3.19. The number of rotatable bonds is 6. The van der Waals surface area contributed by atoms with Crippen molar-refractivity contribution in [3.05, 3.63) is 21.9 Å². The van der Waals surface area contributed by atoms with Crippen LogP contribution in [-0.2, 0) is 6.54 Å². The number of nitrogens with zero attached hydrogens (tertiary/aromatic N) is 1. The summed E-state index contributed by atoms with van der Waals surface area (Å²) in [5.41, 5.74) is 1.04. The van der Waals surface area contributed by atoms with Gasteiger partial charge in [0.2, 0.25) is 0 Å². The third kappa shape index (κ3) is 4.13. The van der Waals surface area contributed by atoms with E-state index in [4.69, 9.17) is 5.11 Å². The van der Waals surface area contributed by atoms with Crippen molar-refractivity contribution in [3.63, 3.8) is 0 Å². The molecule has 1 aliphatic carbocycles. The highest BCUT2D eigenvalue weighted by Crippen LogP contribution is 2.29. The van der Waals surface area contributed by atoms with E-state index < -0.39 is 0 Å². The standard InChI is InChI=1S/C15H21NOS/c1-2-3-8-16(14-6-7-14)11-15-10-13(12-18-15)5-4-9-17/h10,12,14,17H,2-3,6-9,11H2,1H3. The van der Waals surface area contributed by atoms with Crippen LogP contribution in [0.2, 0.25) is 0 Å². The first-order chi connectivity index (χ1) is 8.83. The normalized spacial score (nSPS) is 14.6. The second-order valence-electron chi connectivity index (χ2n) is 4.82. The van der Waals surface area contributed by atoms with Gasteiger partial charge in [-0.2, -0.15) is 0 Å². The molecule has 0 saturated heterocycles. The van der Waals surface area contributed by atoms with Crippen LogP contribution >= 0.6 is 11.3 Å². The van der Waals surface area contributed by atoms with E-state index in [0.717, 1.165) is 18.2 Å². The monoisotopic (exact) mass is 263 g/mol. The topological polar surface area (TPSA) is 23.5 Å². The summed E-state index contributed by atoms with van der Waals surface area (Å²) in [6.07, 6.45) is 5.29. The number of thiophene rings is 1. The van der Waals surface area contributed by atoms with E-state index in [2.05, 4.69) is 35.1 Å². The fraction of sp³-hybridized carbons (Fsp3) is 0.600. The van der Waals surface area contributed by atoms with Crippen LogP contribution in [0.5, 0.6) is 0 Å². The van der Waals surface area contributed by atoms with Gasteiger partial charge in [0, 0.05) is 28.4 Å². The summed E-state index contributed by atoms with van der Waals surface area (Å²) in [5.74, 6) is 5.67. The number of hydrogen-bond donors (Lipinski definition) is 1. The second-order valence-corrected chi connectivity index (χ2v) is 5.81. The Morgan fingerprint density at radius 3 is 3.00 bits per heavy atom. The highest BCUT2D eigenvalue weighted by atomic mass is 32.1. The molecule has 2 nitrogen and oxygen atoms in total. The van der Waals surface area contributed by atoms with Gasteiger partial charge in [0.05, 0.1) is 0 Å². The Kier molecular flexibility index (Phi) is 5.25. The first-order valence-corrected chi connectivity index (χ1v) is 7.62. The lowest BCUT2D eigenvalue weighted by atomic mass is 10.2. The summed E-state index contributed by atoms with van der Waals surface area (Å²) in [7, 11) is 0. The molecule has 1 fully saturated rings. The van der Waals surface area contributed by atoms with Crippen LogP contribution in [0, 0.1) is 11.8 Å². The summed E-state index contributed by atoms with van der Waals surface area (Å²) in [6.45, 7) is 4.47. The zero-order valence-electron chi connectivity index (χ0n) is 11.0. The molecule has 3 heteroatoms. The van der Waals surface area contributed by atoms with Crippen molar-refractivity contribution >= 4 is 11.3 Å². The van der Waals surface area contributed by atoms with E-state index in [1.807, 2.05) is 0 Å². The fourth-order valence-corrected chi connectivity index (χ4v) is 2.90. The molecule has 98 valence electrons. The summed E-state index contributed by atoms with van der Waals surface area (Å²) in [6, 6.07) is 2.99. The van der Waals surface area contributed by atoms with E-state index in [1.54, 1.807) is 11.3 Å². The van der Waals surface area contributed by atoms with E-state index in [0.29, 0.717) is 0 Å². The van der Waals surface area contributed by atoms with Gasteiger partial charge in [0.25, 0.3) is 0 Å². The molecule has 0 bridgehead atoms. The SMILES string of the molecule is CCCCN(Cc1cc(C#CCO)cs1)C1CC1. The van der Waals surface area contributed by atoms with Gasteiger partial charge in [0.1, 0.15) is 6.61 Å². The molecule has 1 saturated carbocycles. The number of hydrogen-bond acceptors (Lipinski definition) is 3. The molecule has 0 spiro atoms. The average molecular weight is 263 g/mol. The Labute approximate surface area is 114 Å². The molecule has 0 atom stereocenters. The van der Waals surface area contributed by atoms with Crippen molar-refractivity contribution in [3.8, 4) is 11.8 Å². The first-order valence-electron chi connectivity index (χ1n) is 6.74. The predicted octanol–water partition coefficient (Wildman–Crippen LogP) is 2.86.